The Morgan fingerprint density at radius 3 is 2.46 bits per heavy atom. The second-order valence-electron chi connectivity index (χ2n) is 8.14. The van der Waals surface area contributed by atoms with Crippen molar-refractivity contribution in [3.63, 3.8) is 0 Å². The number of aliphatic carboxylic acids is 1. The van der Waals surface area contributed by atoms with Gasteiger partial charge in [-0.2, -0.15) is 5.26 Å². The number of aromatic nitrogens is 2. The Bertz CT molecular complexity index is 1740. The van der Waals surface area contributed by atoms with Gasteiger partial charge in [-0.1, -0.05) is 30.3 Å². The van der Waals surface area contributed by atoms with Crippen molar-refractivity contribution in [1.29, 1.82) is 5.26 Å². The zero-order valence-corrected chi connectivity index (χ0v) is 19.2. The highest BCUT2D eigenvalue weighted by Gasteiger charge is 2.27. The Morgan fingerprint density at radius 1 is 1.05 bits per heavy atom. The summed E-state index contributed by atoms with van der Waals surface area (Å²) in [5, 5.41) is 21.8. The minimum absolute atomic E-state index is 0.277. The molecule has 3 aromatic carbocycles. The van der Waals surface area contributed by atoms with Gasteiger partial charge in [0.2, 0.25) is 0 Å². The molecular weight excluding hydrogens is 486 g/mol. The fourth-order valence-electron chi connectivity index (χ4n) is 4.02. The number of rotatable bonds is 6. The van der Waals surface area contributed by atoms with E-state index < -0.39 is 51.9 Å². The van der Waals surface area contributed by atoms with E-state index in [1.54, 1.807) is 36.4 Å². The molecule has 186 valence electrons. The highest BCUT2D eigenvalue weighted by molar-refractivity contribution is 5.98. The minimum Gasteiger partial charge on any atom is -0.480 e. The maximum absolute atomic E-state index is 14.4. The van der Waals surface area contributed by atoms with E-state index in [0.29, 0.717) is 16.3 Å². The summed E-state index contributed by atoms with van der Waals surface area (Å²) in [6, 6.07) is 12.4. The highest BCUT2D eigenvalue weighted by atomic mass is 19.1. The second-order valence-corrected chi connectivity index (χ2v) is 8.14. The summed E-state index contributed by atoms with van der Waals surface area (Å²) >= 11 is 0. The number of nitrogens with zero attached hydrogens (tertiary/aromatic N) is 3. The van der Waals surface area contributed by atoms with Crippen molar-refractivity contribution >= 4 is 22.6 Å². The Morgan fingerprint density at radius 2 is 1.76 bits per heavy atom. The number of nitriles is 1. The van der Waals surface area contributed by atoms with E-state index >= 15 is 0 Å². The molecule has 1 heterocycles. The van der Waals surface area contributed by atoms with Crippen LogP contribution in [0.25, 0.3) is 16.5 Å². The largest absolute Gasteiger partial charge is 0.480 e. The van der Waals surface area contributed by atoms with E-state index in [4.69, 9.17) is 5.26 Å². The molecule has 0 saturated heterocycles. The normalized spacial score (nSPS) is 11.6. The summed E-state index contributed by atoms with van der Waals surface area (Å²) in [5.74, 6) is -5.44. The Labute approximate surface area is 207 Å². The molecule has 1 atom stereocenters. The molecule has 0 saturated carbocycles. The van der Waals surface area contributed by atoms with Crippen molar-refractivity contribution in [3.05, 3.63) is 110 Å². The number of benzene rings is 3. The lowest BCUT2D eigenvalue weighted by Crippen LogP contribution is -2.43. The van der Waals surface area contributed by atoms with E-state index in [-0.39, 0.29) is 12.1 Å². The van der Waals surface area contributed by atoms with Gasteiger partial charge in [-0.25, -0.2) is 22.9 Å². The summed E-state index contributed by atoms with van der Waals surface area (Å²) < 4.78 is 30.9. The van der Waals surface area contributed by atoms with Crippen LogP contribution in [0.15, 0.2) is 70.4 Å². The quantitative estimate of drug-likeness (QED) is 0.414. The fraction of sp³-hybridized carbons (Fsp3) is 0.115. The number of carboxylic acid groups (broad SMARTS) is 1. The first-order valence-corrected chi connectivity index (χ1v) is 10.9. The topological polar surface area (TPSA) is 134 Å². The molecule has 9 nitrogen and oxygen atoms in total. The van der Waals surface area contributed by atoms with Crippen molar-refractivity contribution in [2.75, 3.05) is 0 Å². The Kier molecular flexibility index (Phi) is 6.67. The first-order valence-electron chi connectivity index (χ1n) is 10.9. The molecule has 0 radical (unpaired) electrons. The maximum Gasteiger partial charge on any atom is 0.335 e. The first kappa shape index (κ1) is 25.0. The van der Waals surface area contributed by atoms with E-state index in [1.807, 2.05) is 0 Å². The zero-order valence-electron chi connectivity index (χ0n) is 19.2. The predicted molar refractivity (Wildman–Crippen MR) is 128 cm³/mol. The third-order valence-corrected chi connectivity index (χ3v) is 5.85. The van der Waals surface area contributed by atoms with Gasteiger partial charge in [0.25, 0.3) is 11.5 Å². The number of hydrogen-bond donors (Lipinski definition) is 2. The van der Waals surface area contributed by atoms with Crippen molar-refractivity contribution in [3.8, 4) is 11.8 Å². The predicted octanol–water partition coefficient (Wildman–Crippen LogP) is 2.26. The molecule has 1 aromatic heterocycles. The molecule has 37 heavy (non-hydrogen) atoms. The number of carbonyl (C=O) groups is 2. The first-order chi connectivity index (χ1) is 17.6. The monoisotopic (exact) mass is 504 g/mol. The summed E-state index contributed by atoms with van der Waals surface area (Å²) in [4.78, 5) is 49.8. The molecule has 0 fully saturated rings. The average Bonchev–Trinajstić information content (AvgIpc) is 2.86. The molecule has 0 aliphatic rings. The van der Waals surface area contributed by atoms with E-state index in [9.17, 15) is 33.1 Å². The zero-order chi connectivity index (χ0) is 26.9. The van der Waals surface area contributed by atoms with Crippen LogP contribution in [0, 0.1) is 23.0 Å². The fourth-order valence-corrected chi connectivity index (χ4v) is 4.02. The molecule has 0 aliphatic heterocycles. The van der Waals surface area contributed by atoms with Crippen LogP contribution in [-0.4, -0.2) is 32.2 Å². The van der Waals surface area contributed by atoms with Gasteiger partial charge in [-0.05, 0) is 29.1 Å². The highest BCUT2D eigenvalue weighted by Crippen LogP contribution is 2.25. The molecule has 0 bridgehead atoms. The van der Waals surface area contributed by atoms with Crippen molar-refractivity contribution in [2.24, 2.45) is 7.05 Å². The Balaban J connectivity index is 1.75. The van der Waals surface area contributed by atoms with Crippen LogP contribution < -0.4 is 16.6 Å². The standard InChI is InChI=1S/C26H18F2N4O5/c1-31-11-10-21(33)32(26(31)37)20-7-3-5-16-14(4-2-6-17(16)20)12-19(25(35)36)30-24(34)22-18(27)9-8-15(13-29)23(22)28/h2-11,19H,12H2,1H3,(H,30,34)(H,35,36)/t19-/m0/s1. The number of fused-ring (bicyclic) bond motifs is 1. The van der Waals surface area contributed by atoms with Crippen molar-refractivity contribution < 1.29 is 23.5 Å². The summed E-state index contributed by atoms with van der Waals surface area (Å²) in [7, 11) is 1.49. The van der Waals surface area contributed by atoms with E-state index in [2.05, 4.69) is 5.32 Å². The van der Waals surface area contributed by atoms with Crippen LogP contribution in [0.4, 0.5) is 8.78 Å². The smallest absolute Gasteiger partial charge is 0.335 e. The van der Waals surface area contributed by atoms with Crippen LogP contribution in [0.1, 0.15) is 21.5 Å². The summed E-state index contributed by atoms with van der Waals surface area (Å²) in [6.07, 6.45) is 1.06. The minimum atomic E-state index is -1.60. The molecule has 1 amide bonds. The van der Waals surface area contributed by atoms with E-state index in [0.717, 1.165) is 16.7 Å². The van der Waals surface area contributed by atoms with Gasteiger partial charge in [-0.3, -0.25) is 9.59 Å². The van der Waals surface area contributed by atoms with Crippen LogP contribution >= 0.6 is 0 Å². The number of carbonyl (C=O) groups excluding carboxylic acids is 1. The lowest BCUT2D eigenvalue weighted by Gasteiger charge is -2.17. The molecule has 11 heteroatoms. The number of nitrogens with one attached hydrogen (secondary N) is 1. The molecule has 0 aliphatic carbocycles. The number of aryl methyl sites for hydroxylation is 1. The molecule has 4 rings (SSSR count). The van der Waals surface area contributed by atoms with E-state index in [1.165, 1.54) is 29.9 Å². The molecule has 4 aromatic rings. The molecule has 2 N–H and O–H groups in total. The summed E-state index contributed by atoms with van der Waals surface area (Å²) in [6.45, 7) is 0. The molecule has 0 unspecified atom stereocenters. The van der Waals surface area contributed by atoms with Gasteiger partial charge in [0.15, 0.2) is 5.82 Å². The molecular formula is C26H18F2N4O5. The third kappa shape index (κ3) is 4.60. The SMILES string of the molecule is Cn1ccc(=O)n(-c2cccc3c(C[C@H](NC(=O)c4c(F)ccc(C#N)c4F)C(=O)O)cccc23)c1=O. The van der Waals surface area contributed by atoms with Gasteiger partial charge in [0.05, 0.1) is 11.3 Å². The maximum atomic E-state index is 14.4. The van der Waals surface area contributed by atoms with Gasteiger partial charge in [0, 0.05) is 31.1 Å². The van der Waals surface area contributed by atoms with Crippen LogP contribution in [0.3, 0.4) is 0 Å². The number of amides is 1. The summed E-state index contributed by atoms with van der Waals surface area (Å²) in [5.41, 5.74) is -2.06. The van der Waals surface area contributed by atoms with Gasteiger partial charge >= 0.3 is 11.7 Å². The van der Waals surface area contributed by atoms with Crippen LogP contribution in [0.5, 0.6) is 0 Å². The number of carboxylic acids is 1. The van der Waals surface area contributed by atoms with Crippen LogP contribution in [-0.2, 0) is 18.3 Å². The Hall–Kier alpha value is -5.11. The second kappa shape index (κ2) is 9.87. The number of halogens is 2. The van der Waals surface area contributed by atoms with Gasteiger partial charge in [-0.15, -0.1) is 0 Å². The van der Waals surface area contributed by atoms with Crippen molar-refractivity contribution in [1.82, 2.24) is 14.5 Å². The molecule has 0 spiro atoms. The van der Waals surface area contributed by atoms with Gasteiger partial charge < -0.3 is 15.0 Å². The van der Waals surface area contributed by atoms with Gasteiger partial charge in [0.1, 0.15) is 23.5 Å². The lowest BCUT2D eigenvalue weighted by atomic mass is 9.97. The van der Waals surface area contributed by atoms with Crippen LogP contribution in [0.2, 0.25) is 0 Å². The average molecular weight is 504 g/mol. The third-order valence-electron chi connectivity index (χ3n) is 5.85. The van der Waals surface area contributed by atoms with Crippen molar-refractivity contribution in [2.45, 2.75) is 12.5 Å². The number of hydrogen-bond acceptors (Lipinski definition) is 5. The lowest BCUT2D eigenvalue weighted by molar-refractivity contribution is -0.139.